The van der Waals surface area contributed by atoms with Gasteiger partial charge in [-0.25, -0.2) is 15.0 Å². The molecule has 6 nitrogen and oxygen atoms in total. The lowest BCUT2D eigenvalue weighted by molar-refractivity contribution is 1.07. The summed E-state index contributed by atoms with van der Waals surface area (Å²) in [5.41, 5.74) is 13.6. The maximum Gasteiger partial charge on any atom is 0.164 e. The lowest BCUT2D eigenvalue weighted by atomic mass is 10.0. The van der Waals surface area contributed by atoms with Crippen molar-refractivity contribution in [1.29, 1.82) is 0 Å². The van der Waals surface area contributed by atoms with Gasteiger partial charge in [-0.2, -0.15) is 0 Å². The highest BCUT2D eigenvalue weighted by Crippen LogP contribution is 2.37. The van der Waals surface area contributed by atoms with E-state index in [-0.39, 0.29) is 0 Å². The van der Waals surface area contributed by atoms with Crippen LogP contribution in [0.3, 0.4) is 0 Å². The fourth-order valence-electron chi connectivity index (χ4n) is 9.56. The van der Waals surface area contributed by atoms with Gasteiger partial charge in [-0.15, -0.1) is 0 Å². The van der Waals surface area contributed by atoms with Crippen molar-refractivity contribution in [1.82, 2.24) is 24.1 Å². The van der Waals surface area contributed by atoms with Crippen LogP contribution in [0, 0.1) is 0 Å². The quantitative estimate of drug-likeness (QED) is 0.160. The van der Waals surface area contributed by atoms with Gasteiger partial charge >= 0.3 is 0 Å². The summed E-state index contributed by atoms with van der Waals surface area (Å²) < 4.78 is 4.67. The first kappa shape index (κ1) is 41.3. The van der Waals surface area contributed by atoms with Crippen molar-refractivity contribution in [3.63, 3.8) is 0 Å². The number of benzene rings is 9. The molecular weight excluding hydrogens is 841 g/mol. The maximum atomic E-state index is 4.91. The number of rotatable bonds is 7. The van der Waals surface area contributed by atoms with E-state index in [4.69, 9.17) is 15.0 Å². The zero-order valence-corrected chi connectivity index (χ0v) is 38.1. The maximum absolute atomic E-state index is 4.91. The van der Waals surface area contributed by atoms with Crippen molar-refractivity contribution in [2.24, 2.45) is 0 Å². The molecular formula is C63H46N6. The molecule has 69 heavy (non-hydrogen) atoms. The Morgan fingerprint density at radius 1 is 0.391 bits per heavy atom. The van der Waals surface area contributed by atoms with Gasteiger partial charge < -0.3 is 14.0 Å². The SMILES string of the molecule is C/C=C1\CC=CN1c1ccccc1.c1ccc(-c2nc(-c3ccccc3)nc(-c3ccc(-c4ccc(-n5c6ccccc6c6cc7cc8ccn(-c9ccccc9)c8cc7cc65)cc4)cc3)n2)cc1. The minimum atomic E-state index is 0.646. The number of hydrogen-bond donors (Lipinski definition) is 0. The number of aromatic nitrogens is 5. The molecule has 0 N–H and O–H groups in total. The van der Waals surface area contributed by atoms with E-state index >= 15 is 0 Å². The molecule has 6 heteroatoms. The summed E-state index contributed by atoms with van der Waals surface area (Å²) in [4.78, 5) is 16.9. The molecule has 3 aromatic heterocycles. The molecule has 0 amide bonds. The average Bonchev–Trinajstić information content (AvgIpc) is 4.17. The second-order valence-corrected chi connectivity index (χ2v) is 17.2. The van der Waals surface area contributed by atoms with Crippen LogP contribution in [-0.4, -0.2) is 24.1 Å². The van der Waals surface area contributed by atoms with Gasteiger partial charge in [-0.05, 0) is 102 Å². The molecule has 4 heterocycles. The number of anilines is 1. The van der Waals surface area contributed by atoms with E-state index in [2.05, 4.69) is 203 Å². The van der Waals surface area contributed by atoms with Gasteiger partial charge in [-0.1, -0.05) is 164 Å². The number of fused-ring (bicyclic) bond motifs is 5. The van der Waals surface area contributed by atoms with Crippen LogP contribution in [0.1, 0.15) is 13.3 Å². The molecule has 328 valence electrons. The number of nitrogens with zero attached hydrogens (tertiary/aromatic N) is 6. The molecule has 13 rings (SSSR count). The Hall–Kier alpha value is -9.13. The van der Waals surface area contributed by atoms with Gasteiger partial charge in [-0.3, -0.25) is 0 Å². The highest BCUT2D eigenvalue weighted by Gasteiger charge is 2.17. The molecule has 12 aromatic rings. The number of hydrogen-bond acceptors (Lipinski definition) is 4. The first-order valence-corrected chi connectivity index (χ1v) is 23.4. The molecule has 0 spiro atoms. The summed E-state index contributed by atoms with van der Waals surface area (Å²) in [6.07, 6.45) is 9.69. The second kappa shape index (κ2) is 17.9. The Bertz CT molecular complexity index is 3780. The van der Waals surface area contributed by atoms with Crippen LogP contribution >= 0.6 is 0 Å². The fraction of sp³-hybridized carbons (Fsp3) is 0.0317. The molecule has 0 saturated carbocycles. The third kappa shape index (κ3) is 7.94. The predicted molar refractivity (Wildman–Crippen MR) is 287 cm³/mol. The van der Waals surface area contributed by atoms with E-state index in [1.807, 2.05) is 66.7 Å². The van der Waals surface area contributed by atoms with Crippen LogP contribution in [0.2, 0.25) is 0 Å². The first-order chi connectivity index (χ1) is 34.1. The van der Waals surface area contributed by atoms with Crippen molar-refractivity contribution < 1.29 is 0 Å². The van der Waals surface area contributed by atoms with Crippen molar-refractivity contribution in [3.05, 3.63) is 255 Å². The van der Waals surface area contributed by atoms with Crippen LogP contribution in [0.15, 0.2) is 255 Å². The first-order valence-electron chi connectivity index (χ1n) is 23.4. The van der Waals surface area contributed by atoms with E-state index in [0.29, 0.717) is 17.5 Å². The van der Waals surface area contributed by atoms with Gasteiger partial charge in [0.25, 0.3) is 0 Å². The van der Waals surface area contributed by atoms with Crippen LogP contribution < -0.4 is 4.90 Å². The highest BCUT2D eigenvalue weighted by atomic mass is 15.1. The van der Waals surface area contributed by atoms with E-state index in [1.165, 1.54) is 54.9 Å². The lowest BCUT2D eigenvalue weighted by Crippen LogP contribution is -2.09. The standard InChI is InChI=1S/C51H33N5.C12H13N/c1-4-12-36(13-5-1)49-52-50(37-14-6-2-7-15-37)54-51(53-49)38-22-20-34(21-23-38)35-24-26-43(27-25-35)56-46-19-11-10-18-44(46)45-31-40-30-39-28-29-55(42-16-8-3-9-17-42)47(39)32-41(40)33-48(45)56;1-2-11-9-6-10-13(11)12-7-4-3-5-8-12/h1-33H;2-8,10H,9H2,1H3/b;11-2+. The monoisotopic (exact) mass is 886 g/mol. The molecule has 0 aliphatic carbocycles. The largest absolute Gasteiger partial charge is 0.321 e. The molecule has 0 fully saturated rings. The van der Waals surface area contributed by atoms with Crippen molar-refractivity contribution in [2.75, 3.05) is 4.90 Å². The molecule has 9 aromatic carbocycles. The average molecular weight is 887 g/mol. The Kier molecular flexibility index (Phi) is 10.7. The fourth-order valence-corrected chi connectivity index (χ4v) is 9.56. The van der Waals surface area contributed by atoms with Crippen molar-refractivity contribution in [2.45, 2.75) is 13.3 Å². The molecule has 0 radical (unpaired) electrons. The highest BCUT2D eigenvalue weighted by molar-refractivity contribution is 6.15. The summed E-state index contributed by atoms with van der Waals surface area (Å²) in [6.45, 7) is 2.08. The zero-order chi connectivity index (χ0) is 46.1. The molecule has 0 saturated heterocycles. The van der Waals surface area contributed by atoms with E-state index in [0.717, 1.165) is 45.6 Å². The summed E-state index contributed by atoms with van der Waals surface area (Å²) in [5.74, 6) is 1.96. The number of allylic oxidation sites excluding steroid dienone is 2. The Balaban J connectivity index is 0.000000328. The van der Waals surface area contributed by atoms with Gasteiger partial charge in [0.05, 0.1) is 16.6 Å². The molecule has 1 aliphatic rings. The van der Waals surface area contributed by atoms with Gasteiger partial charge in [0.15, 0.2) is 17.5 Å². The molecule has 0 bridgehead atoms. The van der Waals surface area contributed by atoms with E-state index < -0.39 is 0 Å². The van der Waals surface area contributed by atoms with Crippen LogP contribution in [-0.2, 0) is 0 Å². The van der Waals surface area contributed by atoms with Gasteiger partial charge in [0, 0.05) is 74.4 Å². The van der Waals surface area contributed by atoms with Crippen molar-refractivity contribution in [3.8, 4) is 56.7 Å². The van der Waals surface area contributed by atoms with Crippen LogP contribution in [0.4, 0.5) is 5.69 Å². The summed E-state index contributed by atoms with van der Waals surface area (Å²) in [5, 5.41) is 6.18. The van der Waals surface area contributed by atoms with Crippen molar-refractivity contribution >= 4 is 49.2 Å². The van der Waals surface area contributed by atoms with E-state index in [9.17, 15) is 0 Å². The van der Waals surface area contributed by atoms with Gasteiger partial charge in [0.1, 0.15) is 0 Å². The Morgan fingerprint density at radius 2 is 0.899 bits per heavy atom. The smallest absolute Gasteiger partial charge is 0.164 e. The molecule has 0 atom stereocenters. The summed E-state index contributed by atoms with van der Waals surface area (Å²) in [7, 11) is 0. The minimum Gasteiger partial charge on any atom is -0.321 e. The molecule has 1 aliphatic heterocycles. The topological polar surface area (TPSA) is 51.8 Å². The summed E-state index contributed by atoms with van der Waals surface area (Å²) in [6, 6.07) is 78.8. The predicted octanol–water partition coefficient (Wildman–Crippen LogP) is 16.0. The third-order valence-electron chi connectivity index (χ3n) is 13.0. The minimum absolute atomic E-state index is 0.646. The number of para-hydroxylation sites is 3. The van der Waals surface area contributed by atoms with Gasteiger partial charge in [0.2, 0.25) is 0 Å². The van der Waals surface area contributed by atoms with Crippen LogP contribution in [0.25, 0.3) is 100 Å². The van der Waals surface area contributed by atoms with E-state index in [1.54, 1.807) is 0 Å². The second-order valence-electron chi connectivity index (χ2n) is 17.2. The summed E-state index contributed by atoms with van der Waals surface area (Å²) >= 11 is 0. The Morgan fingerprint density at radius 3 is 1.52 bits per heavy atom. The Labute approximate surface area is 401 Å². The lowest BCUT2D eigenvalue weighted by Gasteiger charge is -2.17. The molecule has 0 unspecified atom stereocenters. The van der Waals surface area contributed by atoms with Crippen LogP contribution in [0.5, 0.6) is 0 Å². The normalized spacial score (nSPS) is 12.9. The zero-order valence-electron chi connectivity index (χ0n) is 38.1. The third-order valence-corrected chi connectivity index (χ3v) is 13.0.